The molecule has 0 bridgehead atoms. The average Bonchev–Trinajstić information content (AvgIpc) is 2.51. The molecule has 0 saturated carbocycles. The monoisotopic (exact) mass is 319 g/mol. The van der Waals surface area contributed by atoms with Crippen LogP contribution in [0, 0.1) is 0 Å². The van der Waals surface area contributed by atoms with Gasteiger partial charge in [-0.05, 0) is 18.2 Å². The van der Waals surface area contributed by atoms with E-state index in [1.807, 2.05) is 0 Å². The van der Waals surface area contributed by atoms with Crippen molar-refractivity contribution in [1.82, 2.24) is 0 Å². The number of methoxy groups -OCH3 is 1. The molecule has 3 rings (SSSR count). The highest BCUT2D eigenvalue weighted by Gasteiger charge is 2.19. The topological polar surface area (TPSA) is 120 Å². The van der Waals surface area contributed by atoms with E-state index in [4.69, 9.17) is 8.53 Å². The van der Waals surface area contributed by atoms with Crippen molar-refractivity contribution in [2.45, 2.75) is 0 Å². The predicted octanol–water partition coefficient (Wildman–Crippen LogP) is 2.29. The third-order valence-electron chi connectivity index (χ3n) is 3.27. The Hall–Kier alpha value is -3.35. The molecule has 0 atom stereocenters. The molecule has 0 radical (unpaired) electrons. The number of phenolic OH excluding ortho intramolecular Hbond substituents is 3. The lowest BCUT2D eigenvalue weighted by Crippen LogP contribution is -2.03. The van der Waals surface area contributed by atoms with Gasteiger partial charge in [-0.25, -0.2) is 0 Å². The largest absolute Gasteiger partial charge is 0.508 e. The number of phenols is 3. The molecule has 0 amide bonds. The summed E-state index contributed by atoms with van der Waals surface area (Å²) in [7, 11) is -2.83. The molecule has 7 heteroatoms. The van der Waals surface area contributed by atoms with Crippen molar-refractivity contribution >= 4 is 11.0 Å². The molecule has 2 aromatic carbocycles. The normalized spacial score (nSPS) is 13.3. The number of fused-ring (bicyclic) bond motifs is 1. The summed E-state index contributed by atoms with van der Waals surface area (Å²) in [6.07, 6.45) is 0. The molecular formula is C16H12O7. The summed E-state index contributed by atoms with van der Waals surface area (Å²) in [5.41, 5.74) is -1.13. The first kappa shape index (κ1) is 11.2. The van der Waals surface area contributed by atoms with Gasteiger partial charge in [-0.15, -0.1) is 0 Å². The zero-order chi connectivity index (χ0) is 19.2. The van der Waals surface area contributed by atoms with Crippen molar-refractivity contribution in [2.75, 3.05) is 7.04 Å². The summed E-state index contributed by atoms with van der Waals surface area (Å²) < 4.78 is 31.3. The van der Waals surface area contributed by atoms with Gasteiger partial charge >= 0.3 is 0 Å². The first-order valence-electron chi connectivity index (χ1n) is 7.81. The maximum absolute atomic E-state index is 12.3. The lowest BCUT2D eigenvalue weighted by Gasteiger charge is -2.09. The van der Waals surface area contributed by atoms with Gasteiger partial charge in [-0.3, -0.25) is 4.79 Å². The molecule has 0 aliphatic rings. The van der Waals surface area contributed by atoms with E-state index in [1.54, 1.807) is 0 Å². The third kappa shape index (κ3) is 2.28. The molecule has 0 saturated heterocycles. The van der Waals surface area contributed by atoms with Gasteiger partial charge in [0.05, 0.1) is 11.2 Å². The van der Waals surface area contributed by atoms with Crippen LogP contribution in [0.25, 0.3) is 22.3 Å². The molecule has 23 heavy (non-hydrogen) atoms. The fraction of sp³-hybridized carbons (Fsp3) is 0.0625. The Labute approximate surface area is 133 Å². The van der Waals surface area contributed by atoms with Crippen LogP contribution in [0.5, 0.6) is 28.7 Å². The minimum Gasteiger partial charge on any atom is -0.508 e. The van der Waals surface area contributed by atoms with Crippen LogP contribution in [0.1, 0.15) is 4.11 Å². The smallest absolute Gasteiger partial charge is 0.238 e. The van der Waals surface area contributed by atoms with E-state index in [9.17, 15) is 25.2 Å². The van der Waals surface area contributed by atoms with Crippen molar-refractivity contribution in [3.8, 4) is 40.1 Å². The van der Waals surface area contributed by atoms with Crippen LogP contribution in [0.15, 0.2) is 39.5 Å². The average molecular weight is 319 g/mol. The minimum absolute atomic E-state index is 0.0291. The quantitative estimate of drug-likeness (QED) is 0.572. The highest BCUT2D eigenvalue weighted by Crippen LogP contribution is 2.37. The van der Waals surface area contributed by atoms with E-state index in [0.29, 0.717) is 0 Å². The molecule has 3 aromatic rings. The van der Waals surface area contributed by atoms with Crippen LogP contribution in [-0.2, 0) is 0 Å². The van der Waals surface area contributed by atoms with E-state index in [2.05, 4.69) is 4.74 Å². The van der Waals surface area contributed by atoms with Crippen molar-refractivity contribution in [1.29, 1.82) is 0 Å². The maximum Gasteiger partial charge on any atom is 0.238 e. The van der Waals surface area contributed by atoms with Crippen molar-refractivity contribution in [3.63, 3.8) is 0 Å². The molecular weight excluding hydrogens is 304 g/mol. The molecule has 7 nitrogen and oxygen atoms in total. The molecule has 0 fully saturated rings. The Bertz CT molecular complexity index is 1070. The summed E-state index contributed by atoms with van der Waals surface area (Å²) in [5, 5.41) is 38.8. The van der Waals surface area contributed by atoms with Crippen molar-refractivity contribution < 1.29 is 33.7 Å². The van der Waals surface area contributed by atoms with E-state index < -0.39 is 35.5 Å². The summed E-state index contributed by atoms with van der Waals surface area (Å²) in [6, 6.07) is 5.41. The van der Waals surface area contributed by atoms with Crippen LogP contribution < -0.4 is 10.2 Å². The highest BCUT2D eigenvalue weighted by molar-refractivity contribution is 5.88. The fourth-order valence-electron chi connectivity index (χ4n) is 2.21. The first-order chi connectivity index (χ1) is 12.1. The molecule has 4 N–H and O–H groups in total. The van der Waals surface area contributed by atoms with E-state index in [0.717, 1.165) is 24.3 Å². The molecule has 0 spiro atoms. The zero-order valence-corrected chi connectivity index (χ0v) is 11.4. The number of hydrogen-bond acceptors (Lipinski definition) is 7. The second-order valence-electron chi connectivity index (χ2n) is 4.73. The number of benzene rings is 2. The molecule has 1 heterocycles. The van der Waals surface area contributed by atoms with Crippen molar-refractivity contribution in [3.05, 3.63) is 40.6 Å². The Morgan fingerprint density at radius 3 is 2.61 bits per heavy atom. The van der Waals surface area contributed by atoms with Crippen LogP contribution >= 0.6 is 0 Å². The Balaban J connectivity index is 2.25. The first-order valence-corrected chi connectivity index (χ1v) is 6.31. The van der Waals surface area contributed by atoms with Gasteiger partial charge < -0.3 is 29.6 Å². The number of hydrogen-bond donors (Lipinski definition) is 4. The van der Waals surface area contributed by atoms with Gasteiger partial charge in [0.1, 0.15) is 22.5 Å². The van der Waals surface area contributed by atoms with E-state index in [-0.39, 0.29) is 28.0 Å². The molecule has 0 aliphatic carbocycles. The number of ether oxygens (including phenoxy) is 1. The van der Waals surface area contributed by atoms with Gasteiger partial charge in [0.2, 0.25) is 11.2 Å². The number of aromatic hydroxyl groups is 4. The SMILES string of the molecule is [2H]C([2H])([2H])Oc1cc(-c2oc3cc(O)cc(O)c3c(=O)c2O)ccc1O. The minimum atomic E-state index is -2.83. The van der Waals surface area contributed by atoms with Gasteiger partial charge in [-0.1, -0.05) is 0 Å². The van der Waals surface area contributed by atoms with Crippen LogP contribution in [0.3, 0.4) is 0 Å². The maximum atomic E-state index is 12.3. The summed E-state index contributed by atoms with van der Waals surface area (Å²) >= 11 is 0. The van der Waals surface area contributed by atoms with E-state index in [1.165, 1.54) is 6.07 Å². The lowest BCUT2D eigenvalue weighted by atomic mass is 10.1. The summed E-state index contributed by atoms with van der Waals surface area (Å²) in [6.45, 7) is 0. The lowest BCUT2D eigenvalue weighted by molar-refractivity contribution is 0.373. The van der Waals surface area contributed by atoms with Crippen LogP contribution in [-0.4, -0.2) is 27.5 Å². The molecule has 0 aliphatic heterocycles. The van der Waals surface area contributed by atoms with E-state index >= 15 is 0 Å². The van der Waals surface area contributed by atoms with Crippen LogP contribution in [0.2, 0.25) is 0 Å². The fourth-order valence-corrected chi connectivity index (χ4v) is 2.21. The Morgan fingerprint density at radius 1 is 1.09 bits per heavy atom. The summed E-state index contributed by atoms with van der Waals surface area (Å²) in [5.74, 6) is -3.03. The standard InChI is InChI=1S/C16H12O7/c1-22-11-4-7(2-3-9(11)18)16-15(21)14(20)13-10(19)5-8(17)6-12(13)23-16/h2-6,17-19,21H,1H3/i1D3. The molecule has 118 valence electrons. The second-order valence-corrected chi connectivity index (χ2v) is 4.73. The van der Waals surface area contributed by atoms with Crippen LogP contribution in [0.4, 0.5) is 0 Å². The summed E-state index contributed by atoms with van der Waals surface area (Å²) in [4.78, 5) is 12.3. The predicted molar refractivity (Wildman–Crippen MR) is 81.1 cm³/mol. The van der Waals surface area contributed by atoms with Gasteiger partial charge in [-0.2, -0.15) is 0 Å². The molecule has 0 unspecified atom stereocenters. The second kappa shape index (κ2) is 5.13. The Morgan fingerprint density at radius 2 is 1.87 bits per heavy atom. The van der Waals surface area contributed by atoms with Crippen molar-refractivity contribution in [2.24, 2.45) is 0 Å². The number of rotatable bonds is 2. The van der Waals surface area contributed by atoms with Gasteiger partial charge in [0.15, 0.2) is 17.3 Å². The highest BCUT2D eigenvalue weighted by atomic mass is 16.5. The van der Waals surface area contributed by atoms with Gasteiger partial charge in [0, 0.05) is 17.7 Å². The third-order valence-corrected chi connectivity index (χ3v) is 3.27. The molecule has 1 aromatic heterocycles. The van der Waals surface area contributed by atoms with Gasteiger partial charge in [0.25, 0.3) is 0 Å². The zero-order valence-electron chi connectivity index (χ0n) is 14.4. The Kier molecular flexibility index (Phi) is 2.51.